The van der Waals surface area contributed by atoms with Gasteiger partial charge in [0.25, 0.3) is 5.56 Å². The van der Waals surface area contributed by atoms with Gasteiger partial charge < -0.3 is 4.98 Å². The van der Waals surface area contributed by atoms with Gasteiger partial charge in [0.1, 0.15) is 0 Å². The number of thioether (sulfide) groups is 1. The molecule has 0 saturated carbocycles. The Bertz CT molecular complexity index is 274. The highest BCUT2D eigenvalue weighted by Crippen LogP contribution is 2.07. The number of alkyl halides is 1. The van der Waals surface area contributed by atoms with E-state index in [1.165, 1.54) is 17.8 Å². The molecule has 60 valence electrons. The van der Waals surface area contributed by atoms with Crippen molar-refractivity contribution in [3.63, 3.8) is 0 Å². The summed E-state index contributed by atoms with van der Waals surface area (Å²) in [6.07, 6.45) is 1.88. The quantitative estimate of drug-likeness (QED) is 0.386. The lowest BCUT2D eigenvalue weighted by Gasteiger charge is -1.96. The van der Waals surface area contributed by atoms with Crippen LogP contribution in [0.25, 0.3) is 0 Å². The highest BCUT2D eigenvalue weighted by atomic mass is 127. The van der Waals surface area contributed by atoms with E-state index in [0.717, 1.165) is 10.1 Å². The van der Waals surface area contributed by atoms with Crippen molar-refractivity contribution in [1.29, 1.82) is 0 Å². The van der Waals surface area contributed by atoms with Gasteiger partial charge in [0, 0.05) is 10.5 Å². The molecule has 1 N–H and O–H groups in total. The molecule has 1 aromatic heterocycles. The van der Waals surface area contributed by atoms with Gasteiger partial charge in [-0.05, 0) is 6.26 Å². The SMILES string of the molecule is CSc1nc(CI)cc(=O)[nH]1. The molecule has 11 heavy (non-hydrogen) atoms. The summed E-state index contributed by atoms with van der Waals surface area (Å²) in [7, 11) is 0. The Balaban J connectivity index is 3.12. The molecule has 0 unspecified atom stereocenters. The van der Waals surface area contributed by atoms with E-state index >= 15 is 0 Å². The predicted molar refractivity (Wildman–Crippen MR) is 54.4 cm³/mol. The molecule has 0 amide bonds. The molecule has 0 saturated heterocycles. The van der Waals surface area contributed by atoms with Crippen molar-refractivity contribution in [3.8, 4) is 0 Å². The number of aromatic amines is 1. The van der Waals surface area contributed by atoms with E-state index in [1.54, 1.807) is 0 Å². The van der Waals surface area contributed by atoms with Gasteiger partial charge in [-0.3, -0.25) is 4.79 Å². The summed E-state index contributed by atoms with van der Waals surface area (Å²) >= 11 is 3.62. The Morgan fingerprint density at radius 1 is 1.82 bits per heavy atom. The number of aromatic nitrogens is 2. The van der Waals surface area contributed by atoms with Crippen molar-refractivity contribution in [3.05, 3.63) is 22.1 Å². The third-order valence-corrected chi connectivity index (χ3v) is 2.46. The van der Waals surface area contributed by atoms with Gasteiger partial charge in [-0.1, -0.05) is 34.4 Å². The first-order chi connectivity index (χ1) is 5.26. The summed E-state index contributed by atoms with van der Waals surface area (Å²) in [5.41, 5.74) is 0.759. The smallest absolute Gasteiger partial charge is 0.251 e. The highest BCUT2D eigenvalue weighted by molar-refractivity contribution is 14.1. The molecule has 1 rings (SSSR count). The normalized spacial score (nSPS) is 10.0. The number of nitrogens with zero attached hydrogens (tertiary/aromatic N) is 1. The summed E-state index contributed by atoms with van der Waals surface area (Å²) in [4.78, 5) is 17.7. The molecule has 0 aliphatic heterocycles. The molecule has 0 aliphatic rings. The maximum Gasteiger partial charge on any atom is 0.251 e. The van der Waals surface area contributed by atoms with Gasteiger partial charge in [0.15, 0.2) is 5.16 Å². The zero-order chi connectivity index (χ0) is 8.27. The number of H-pyrrole nitrogens is 1. The van der Waals surface area contributed by atoms with E-state index in [0.29, 0.717) is 5.16 Å². The number of rotatable bonds is 2. The molecule has 0 bridgehead atoms. The van der Waals surface area contributed by atoms with Crippen molar-refractivity contribution >= 4 is 34.4 Å². The first-order valence-corrected chi connectivity index (χ1v) is 5.71. The van der Waals surface area contributed by atoms with Gasteiger partial charge in [-0.25, -0.2) is 4.98 Å². The zero-order valence-electron chi connectivity index (χ0n) is 5.93. The Morgan fingerprint density at radius 2 is 2.55 bits per heavy atom. The largest absolute Gasteiger partial charge is 0.301 e. The van der Waals surface area contributed by atoms with E-state index in [-0.39, 0.29) is 5.56 Å². The van der Waals surface area contributed by atoms with Gasteiger partial charge in [-0.2, -0.15) is 0 Å². The Morgan fingerprint density at radius 3 is 3.09 bits per heavy atom. The van der Waals surface area contributed by atoms with Crippen LogP contribution < -0.4 is 5.56 Å². The molecule has 0 atom stereocenters. The van der Waals surface area contributed by atoms with E-state index in [2.05, 4.69) is 32.6 Å². The maximum absolute atomic E-state index is 10.9. The number of nitrogens with one attached hydrogen (secondary N) is 1. The zero-order valence-corrected chi connectivity index (χ0v) is 8.90. The predicted octanol–water partition coefficient (Wildman–Crippen LogP) is 1.43. The van der Waals surface area contributed by atoms with E-state index in [9.17, 15) is 4.79 Å². The average molecular weight is 282 g/mol. The van der Waals surface area contributed by atoms with Crippen molar-refractivity contribution in [1.82, 2.24) is 9.97 Å². The Labute approximate surface area is 82.1 Å². The van der Waals surface area contributed by atoms with Crippen LogP contribution in [0.4, 0.5) is 0 Å². The summed E-state index contributed by atoms with van der Waals surface area (Å²) < 4.78 is 0.773. The fourth-order valence-electron chi connectivity index (χ4n) is 0.649. The molecule has 0 aliphatic carbocycles. The molecule has 5 heteroatoms. The first kappa shape index (κ1) is 9.05. The van der Waals surface area contributed by atoms with Crippen LogP contribution in [0.15, 0.2) is 16.0 Å². The molecular weight excluding hydrogens is 275 g/mol. The summed E-state index contributed by atoms with van der Waals surface area (Å²) in [5.74, 6) is 0. The van der Waals surface area contributed by atoms with Gasteiger partial charge in [-0.15, -0.1) is 0 Å². The minimum atomic E-state index is -0.0731. The lowest BCUT2D eigenvalue weighted by Crippen LogP contribution is -2.08. The van der Waals surface area contributed by atoms with E-state index in [1.807, 2.05) is 6.26 Å². The molecule has 0 aromatic carbocycles. The van der Waals surface area contributed by atoms with Crippen molar-refractivity contribution in [2.24, 2.45) is 0 Å². The minimum Gasteiger partial charge on any atom is -0.301 e. The van der Waals surface area contributed by atoms with Crippen LogP contribution in [0.5, 0.6) is 0 Å². The maximum atomic E-state index is 10.9. The van der Waals surface area contributed by atoms with Gasteiger partial charge >= 0.3 is 0 Å². The Hall–Kier alpha value is -0.0400. The second-order valence-corrected chi connectivity index (χ2v) is 3.44. The standard InChI is InChI=1S/C6H7IN2OS/c1-11-6-8-4(3-7)2-5(10)9-6/h2H,3H2,1H3,(H,8,9,10). The number of hydrogen-bond acceptors (Lipinski definition) is 3. The topological polar surface area (TPSA) is 45.8 Å². The molecule has 1 aromatic rings. The van der Waals surface area contributed by atoms with Crippen molar-refractivity contribution in [2.45, 2.75) is 9.58 Å². The fourth-order valence-corrected chi connectivity index (χ4v) is 1.45. The molecule has 3 nitrogen and oxygen atoms in total. The molecule has 0 spiro atoms. The second kappa shape index (κ2) is 4.10. The first-order valence-electron chi connectivity index (χ1n) is 2.96. The second-order valence-electron chi connectivity index (χ2n) is 1.88. The fraction of sp³-hybridized carbons (Fsp3) is 0.333. The van der Waals surface area contributed by atoms with Crippen LogP contribution in [0.3, 0.4) is 0 Å². The molecule has 0 radical (unpaired) electrons. The summed E-state index contributed by atoms with van der Waals surface area (Å²) in [6, 6.07) is 1.52. The highest BCUT2D eigenvalue weighted by Gasteiger charge is 1.97. The van der Waals surface area contributed by atoms with Crippen LogP contribution in [-0.4, -0.2) is 16.2 Å². The third-order valence-electron chi connectivity index (χ3n) is 1.10. The summed E-state index contributed by atoms with van der Waals surface area (Å²) in [5, 5.41) is 0.684. The monoisotopic (exact) mass is 282 g/mol. The van der Waals surface area contributed by atoms with Crippen molar-refractivity contribution < 1.29 is 0 Å². The lowest BCUT2D eigenvalue weighted by molar-refractivity contribution is 0.906. The minimum absolute atomic E-state index is 0.0731. The molecule has 1 heterocycles. The van der Waals surface area contributed by atoms with Crippen LogP contribution >= 0.6 is 34.4 Å². The van der Waals surface area contributed by atoms with E-state index in [4.69, 9.17) is 0 Å². The van der Waals surface area contributed by atoms with Crippen LogP contribution in [-0.2, 0) is 4.43 Å². The van der Waals surface area contributed by atoms with E-state index < -0.39 is 0 Å². The average Bonchev–Trinajstić information content (AvgIpc) is 2.03. The van der Waals surface area contributed by atoms with Crippen LogP contribution in [0, 0.1) is 0 Å². The third kappa shape index (κ3) is 2.48. The van der Waals surface area contributed by atoms with Crippen molar-refractivity contribution in [2.75, 3.05) is 6.26 Å². The Kier molecular flexibility index (Phi) is 3.38. The van der Waals surface area contributed by atoms with Crippen LogP contribution in [0.1, 0.15) is 5.69 Å². The molecular formula is C6H7IN2OS. The number of hydrogen-bond donors (Lipinski definition) is 1. The van der Waals surface area contributed by atoms with Gasteiger partial charge in [0.2, 0.25) is 0 Å². The molecule has 0 fully saturated rings. The number of halogens is 1. The summed E-state index contributed by atoms with van der Waals surface area (Å²) in [6.45, 7) is 0. The lowest BCUT2D eigenvalue weighted by atomic mass is 10.5. The van der Waals surface area contributed by atoms with Crippen LogP contribution in [0.2, 0.25) is 0 Å². The van der Waals surface area contributed by atoms with Gasteiger partial charge in [0.05, 0.1) is 5.69 Å².